The van der Waals surface area contributed by atoms with Gasteiger partial charge in [0.1, 0.15) is 11.0 Å². The summed E-state index contributed by atoms with van der Waals surface area (Å²) in [4.78, 5) is 12.5. The summed E-state index contributed by atoms with van der Waals surface area (Å²) in [5.74, 6) is -0.988. The molecule has 1 N–H and O–H groups in total. The summed E-state index contributed by atoms with van der Waals surface area (Å²) in [5, 5.41) is 7.08. The van der Waals surface area contributed by atoms with Crippen molar-refractivity contribution in [1.82, 2.24) is 9.78 Å². The zero-order valence-corrected chi connectivity index (χ0v) is 13.7. The second-order valence-electron chi connectivity index (χ2n) is 5.33. The van der Waals surface area contributed by atoms with Gasteiger partial charge in [0.15, 0.2) is 0 Å². The van der Waals surface area contributed by atoms with Gasteiger partial charge in [0, 0.05) is 0 Å². The maximum absolute atomic E-state index is 13.7. The van der Waals surface area contributed by atoms with E-state index in [1.165, 1.54) is 12.1 Å². The molecule has 0 aliphatic rings. The van der Waals surface area contributed by atoms with Crippen molar-refractivity contribution in [3.05, 3.63) is 82.4 Å². The minimum Gasteiger partial charge on any atom is -0.319 e. The molecule has 0 unspecified atom stereocenters. The zero-order chi connectivity index (χ0) is 17.1. The van der Waals surface area contributed by atoms with E-state index in [-0.39, 0.29) is 16.4 Å². The largest absolute Gasteiger partial charge is 0.319 e. The number of amides is 1. The number of carbonyl (C=O) groups is 1. The first-order valence-corrected chi connectivity index (χ1v) is 7.77. The molecule has 0 spiro atoms. The van der Waals surface area contributed by atoms with E-state index in [1.807, 2.05) is 30.3 Å². The Hall–Kier alpha value is -2.66. The van der Waals surface area contributed by atoms with Crippen LogP contribution in [0, 0.1) is 12.7 Å². The van der Waals surface area contributed by atoms with Crippen LogP contribution in [0.3, 0.4) is 0 Å². The topological polar surface area (TPSA) is 46.9 Å². The van der Waals surface area contributed by atoms with Crippen LogP contribution in [-0.4, -0.2) is 15.7 Å². The Balaban J connectivity index is 1.86. The van der Waals surface area contributed by atoms with E-state index >= 15 is 0 Å². The van der Waals surface area contributed by atoms with Gasteiger partial charge < -0.3 is 5.32 Å². The first-order chi connectivity index (χ1) is 11.6. The van der Waals surface area contributed by atoms with E-state index < -0.39 is 11.7 Å². The van der Waals surface area contributed by atoms with Gasteiger partial charge in [-0.15, -0.1) is 0 Å². The molecule has 0 saturated heterocycles. The summed E-state index contributed by atoms with van der Waals surface area (Å²) in [6.45, 7) is 2.15. The van der Waals surface area contributed by atoms with Gasteiger partial charge in [-0.2, -0.15) is 5.10 Å². The lowest BCUT2D eigenvalue weighted by molar-refractivity contribution is 0.102. The highest BCUT2D eigenvalue weighted by Gasteiger charge is 2.21. The zero-order valence-electron chi connectivity index (χ0n) is 13.0. The molecule has 24 heavy (non-hydrogen) atoms. The SMILES string of the molecule is Cc1nn(Cc2ccccc2)c(Cl)c1C(=O)Nc1ccccc1F. The van der Waals surface area contributed by atoms with Crippen LogP contribution in [0.1, 0.15) is 21.6 Å². The summed E-state index contributed by atoms with van der Waals surface area (Å²) in [6, 6.07) is 15.6. The number of aryl methyl sites for hydroxylation is 1. The van der Waals surface area contributed by atoms with Crippen LogP contribution >= 0.6 is 11.6 Å². The highest BCUT2D eigenvalue weighted by molar-refractivity contribution is 6.33. The van der Waals surface area contributed by atoms with Crippen LogP contribution in [0.25, 0.3) is 0 Å². The molecule has 122 valence electrons. The third kappa shape index (κ3) is 3.31. The second kappa shape index (κ2) is 6.84. The Morgan fingerprint density at radius 3 is 2.54 bits per heavy atom. The van der Waals surface area contributed by atoms with E-state index in [2.05, 4.69) is 10.4 Å². The fourth-order valence-corrected chi connectivity index (χ4v) is 2.74. The molecule has 3 rings (SSSR count). The van der Waals surface area contributed by atoms with Gasteiger partial charge in [0.05, 0.1) is 23.5 Å². The number of nitrogens with one attached hydrogen (secondary N) is 1. The van der Waals surface area contributed by atoms with Crippen LogP contribution in [0.15, 0.2) is 54.6 Å². The molecule has 6 heteroatoms. The molecule has 4 nitrogen and oxygen atoms in total. The number of nitrogens with zero attached hydrogens (tertiary/aromatic N) is 2. The van der Waals surface area contributed by atoms with Gasteiger partial charge in [-0.25, -0.2) is 9.07 Å². The summed E-state index contributed by atoms with van der Waals surface area (Å²) >= 11 is 6.33. The molecule has 1 amide bonds. The predicted octanol–water partition coefficient (Wildman–Crippen LogP) is 4.28. The monoisotopic (exact) mass is 343 g/mol. The summed E-state index contributed by atoms with van der Waals surface area (Å²) in [7, 11) is 0. The van der Waals surface area contributed by atoms with Gasteiger partial charge in [-0.05, 0) is 24.6 Å². The van der Waals surface area contributed by atoms with Gasteiger partial charge in [-0.3, -0.25) is 4.79 Å². The third-order valence-electron chi connectivity index (χ3n) is 3.59. The van der Waals surface area contributed by atoms with Gasteiger partial charge in [-0.1, -0.05) is 54.1 Å². The fraction of sp³-hybridized carbons (Fsp3) is 0.111. The normalized spacial score (nSPS) is 10.6. The van der Waals surface area contributed by atoms with Crippen molar-refractivity contribution in [1.29, 1.82) is 0 Å². The Morgan fingerprint density at radius 2 is 1.83 bits per heavy atom. The molecule has 0 fully saturated rings. The molecule has 1 heterocycles. The number of aromatic nitrogens is 2. The fourth-order valence-electron chi connectivity index (χ4n) is 2.42. The number of hydrogen-bond acceptors (Lipinski definition) is 2. The van der Waals surface area contributed by atoms with Crippen LogP contribution in [0.5, 0.6) is 0 Å². The highest BCUT2D eigenvalue weighted by atomic mass is 35.5. The molecular formula is C18H15ClFN3O. The van der Waals surface area contributed by atoms with Crippen LogP contribution in [-0.2, 0) is 6.54 Å². The molecule has 0 atom stereocenters. The van der Waals surface area contributed by atoms with Crippen molar-refractivity contribution in [3.8, 4) is 0 Å². The Kier molecular flexibility index (Phi) is 4.62. The molecule has 0 aliphatic heterocycles. The number of hydrogen-bond donors (Lipinski definition) is 1. The summed E-state index contributed by atoms with van der Waals surface area (Å²) in [6.07, 6.45) is 0. The quantitative estimate of drug-likeness (QED) is 0.768. The van der Waals surface area contributed by atoms with E-state index in [9.17, 15) is 9.18 Å². The molecule has 0 saturated carbocycles. The van der Waals surface area contributed by atoms with Crippen molar-refractivity contribution in [3.63, 3.8) is 0 Å². The van der Waals surface area contributed by atoms with Gasteiger partial charge in [0.25, 0.3) is 5.91 Å². The smallest absolute Gasteiger partial charge is 0.260 e. The lowest BCUT2D eigenvalue weighted by atomic mass is 10.2. The second-order valence-corrected chi connectivity index (χ2v) is 5.69. The van der Waals surface area contributed by atoms with E-state index in [0.29, 0.717) is 12.2 Å². The van der Waals surface area contributed by atoms with Crippen molar-refractivity contribution in [2.75, 3.05) is 5.32 Å². The van der Waals surface area contributed by atoms with Crippen molar-refractivity contribution < 1.29 is 9.18 Å². The lowest BCUT2D eigenvalue weighted by Crippen LogP contribution is -2.14. The minimum atomic E-state index is -0.503. The van der Waals surface area contributed by atoms with Crippen LogP contribution < -0.4 is 5.32 Å². The Bertz CT molecular complexity index is 877. The average Bonchev–Trinajstić information content (AvgIpc) is 2.84. The number of para-hydroxylation sites is 1. The minimum absolute atomic E-state index is 0.105. The Morgan fingerprint density at radius 1 is 1.17 bits per heavy atom. The molecule has 2 aromatic carbocycles. The number of anilines is 1. The first-order valence-electron chi connectivity index (χ1n) is 7.39. The summed E-state index contributed by atoms with van der Waals surface area (Å²) < 4.78 is 15.2. The predicted molar refractivity (Wildman–Crippen MR) is 91.9 cm³/mol. The average molecular weight is 344 g/mol. The van der Waals surface area contributed by atoms with E-state index in [0.717, 1.165) is 5.56 Å². The molecule has 0 aliphatic carbocycles. The molecule has 0 radical (unpaired) electrons. The molecule has 1 aromatic heterocycles. The number of carbonyl (C=O) groups excluding carboxylic acids is 1. The summed E-state index contributed by atoms with van der Waals surface area (Å²) in [5.41, 5.74) is 1.86. The van der Waals surface area contributed by atoms with E-state index in [1.54, 1.807) is 23.7 Å². The number of benzene rings is 2. The molecular weight excluding hydrogens is 329 g/mol. The molecule has 3 aromatic rings. The van der Waals surface area contributed by atoms with E-state index in [4.69, 9.17) is 11.6 Å². The van der Waals surface area contributed by atoms with Crippen molar-refractivity contribution in [2.45, 2.75) is 13.5 Å². The van der Waals surface area contributed by atoms with Gasteiger partial charge >= 0.3 is 0 Å². The van der Waals surface area contributed by atoms with Gasteiger partial charge in [0.2, 0.25) is 0 Å². The first kappa shape index (κ1) is 16.2. The van der Waals surface area contributed by atoms with Crippen LogP contribution in [0.4, 0.5) is 10.1 Å². The third-order valence-corrected chi connectivity index (χ3v) is 3.97. The van der Waals surface area contributed by atoms with Crippen LogP contribution in [0.2, 0.25) is 5.15 Å². The number of halogens is 2. The molecule has 0 bridgehead atoms. The lowest BCUT2D eigenvalue weighted by Gasteiger charge is -2.06. The number of rotatable bonds is 4. The maximum Gasteiger partial charge on any atom is 0.260 e. The van der Waals surface area contributed by atoms with Crippen molar-refractivity contribution >= 4 is 23.2 Å². The Labute approximate surface area is 143 Å². The standard InChI is InChI=1S/C18H15ClFN3O/c1-12-16(18(24)21-15-10-6-5-9-14(15)20)17(19)23(22-12)11-13-7-3-2-4-8-13/h2-10H,11H2,1H3,(H,21,24). The highest BCUT2D eigenvalue weighted by Crippen LogP contribution is 2.23. The maximum atomic E-state index is 13.7. The van der Waals surface area contributed by atoms with Crippen molar-refractivity contribution in [2.24, 2.45) is 0 Å².